The summed E-state index contributed by atoms with van der Waals surface area (Å²) in [6.07, 6.45) is -29.5. The Labute approximate surface area is 168 Å². The molecule has 1 saturated carbocycles. The van der Waals surface area contributed by atoms with Gasteiger partial charge in [-0.15, -0.1) is 0 Å². The number of aliphatic hydroxyl groups is 1. The maximum absolute atomic E-state index is 13.6. The highest BCUT2D eigenvalue weighted by molar-refractivity contribution is 5.06. The summed E-state index contributed by atoms with van der Waals surface area (Å²) >= 11 is 0. The van der Waals surface area contributed by atoms with E-state index in [-0.39, 0.29) is 0 Å². The fourth-order valence-electron chi connectivity index (χ4n) is 3.78. The van der Waals surface area contributed by atoms with Gasteiger partial charge in [0, 0.05) is 11.8 Å². The number of rotatable bonds is 7. The van der Waals surface area contributed by atoms with Crippen molar-refractivity contribution in [3.8, 4) is 0 Å². The van der Waals surface area contributed by atoms with E-state index in [9.17, 15) is 57.8 Å². The molecule has 3 nitrogen and oxygen atoms in total. The third-order valence-electron chi connectivity index (χ3n) is 5.25. The van der Waals surface area contributed by atoms with Crippen LogP contribution in [0.5, 0.6) is 0 Å². The van der Waals surface area contributed by atoms with Crippen molar-refractivity contribution in [2.75, 3.05) is 13.2 Å². The molecule has 0 aliphatic heterocycles. The molecule has 1 aliphatic carbocycles. The van der Waals surface area contributed by atoms with Gasteiger partial charge in [-0.2, -0.15) is 52.7 Å². The van der Waals surface area contributed by atoms with Crippen LogP contribution in [-0.2, 0) is 9.47 Å². The second kappa shape index (κ2) is 8.87. The number of alkyl halides is 12. The van der Waals surface area contributed by atoms with E-state index in [0.717, 1.165) is 0 Å². The predicted molar refractivity (Wildman–Crippen MR) is 79.4 cm³/mol. The molecule has 1 fully saturated rings. The molecule has 15 heteroatoms. The van der Waals surface area contributed by atoms with Gasteiger partial charge < -0.3 is 14.6 Å². The quantitative estimate of drug-likeness (QED) is 0.286. The molecule has 0 amide bonds. The summed E-state index contributed by atoms with van der Waals surface area (Å²) in [5.74, 6) is -5.23. The molecule has 0 spiro atoms. The number of hydrogen-bond acceptors (Lipinski definition) is 3. The minimum absolute atomic E-state index is 0.715. The first-order chi connectivity index (χ1) is 13.8. The maximum Gasteiger partial charge on any atom is 0.426 e. The Morgan fingerprint density at radius 2 is 1.06 bits per heavy atom. The van der Waals surface area contributed by atoms with Crippen molar-refractivity contribution in [1.29, 1.82) is 0 Å². The van der Waals surface area contributed by atoms with Crippen molar-refractivity contribution in [3.05, 3.63) is 12.8 Å². The van der Waals surface area contributed by atoms with Gasteiger partial charge in [-0.25, -0.2) is 0 Å². The summed E-state index contributed by atoms with van der Waals surface area (Å²) in [5, 5.41) is 9.37. The third kappa shape index (κ3) is 5.01. The van der Waals surface area contributed by atoms with Crippen LogP contribution in [-0.4, -0.2) is 54.2 Å². The summed E-state index contributed by atoms with van der Waals surface area (Å²) in [6, 6.07) is 0. The summed E-state index contributed by atoms with van der Waals surface area (Å²) in [4.78, 5) is 0. The van der Waals surface area contributed by atoms with Crippen LogP contribution in [0, 0.1) is 11.8 Å². The van der Waals surface area contributed by atoms with Crippen LogP contribution in [0.25, 0.3) is 0 Å². The SMILES string of the molecule is C=COCCOC(C1CCC(C(O)(C(F)(F)F)C(F)(F)F)CC1)(C(F)(F)F)C(F)(F)F. The lowest BCUT2D eigenvalue weighted by Crippen LogP contribution is -2.66. The van der Waals surface area contributed by atoms with E-state index < -0.39 is 86.6 Å². The Balaban J connectivity index is 3.26. The van der Waals surface area contributed by atoms with Crippen molar-refractivity contribution >= 4 is 0 Å². The standard InChI is InChI=1S/C16H18F12O3/c1-2-30-7-8-31-12(15(23,24)25,16(26,27)28)10-5-3-9(4-6-10)11(29,13(17,18)19)14(20,21)22/h2,9-10,29H,1,3-8H2. The molecule has 0 aromatic carbocycles. The normalized spacial score (nSPS) is 22.4. The molecule has 1 aliphatic rings. The highest BCUT2D eigenvalue weighted by atomic mass is 19.4. The van der Waals surface area contributed by atoms with Crippen LogP contribution in [0.3, 0.4) is 0 Å². The molecule has 0 aromatic heterocycles. The van der Waals surface area contributed by atoms with Crippen molar-refractivity contribution in [2.45, 2.75) is 61.6 Å². The van der Waals surface area contributed by atoms with E-state index in [4.69, 9.17) is 0 Å². The number of ether oxygens (including phenoxy) is 2. The van der Waals surface area contributed by atoms with Gasteiger partial charge in [0.2, 0.25) is 0 Å². The Kier molecular flexibility index (Phi) is 7.91. The molecule has 184 valence electrons. The van der Waals surface area contributed by atoms with Crippen LogP contribution in [0.2, 0.25) is 0 Å². The van der Waals surface area contributed by atoms with Gasteiger partial charge in [0.1, 0.15) is 6.61 Å². The van der Waals surface area contributed by atoms with Gasteiger partial charge in [-0.05, 0) is 25.7 Å². The first kappa shape index (κ1) is 27.7. The molecule has 31 heavy (non-hydrogen) atoms. The molecule has 0 heterocycles. The van der Waals surface area contributed by atoms with Crippen molar-refractivity contribution in [2.24, 2.45) is 11.8 Å². The Bertz CT molecular complexity index is 569. The lowest BCUT2D eigenvalue weighted by atomic mass is 9.67. The van der Waals surface area contributed by atoms with Gasteiger partial charge in [-0.3, -0.25) is 0 Å². The van der Waals surface area contributed by atoms with Crippen LogP contribution in [0.4, 0.5) is 52.7 Å². The van der Waals surface area contributed by atoms with Gasteiger partial charge >= 0.3 is 24.7 Å². The van der Waals surface area contributed by atoms with Crippen LogP contribution < -0.4 is 0 Å². The van der Waals surface area contributed by atoms with Crippen molar-refractivity contribution in [3.63, 3.8) is 0 Å². The van der Waals surface area contributed by atoms with Gasteiger partial charge in [0.05, 0.1) is 12.9 Å². The van der Waals surface area contributed by atoms with Gasteiger partial charge in [0.25, 0.3) is 11.2 Å². The molecule has 0 atom stereocenters. The molecular weight excluding hydrogens is 468 g/mol. The molecule has 0 unspecified atom stereocenters. The van der Waals surface area contributed by atoms with E-state index in [1.54, 1.807) is 0 Å². The summed E-state index contributed by atoms with van der Waals surface area (Å²) < 4.78 is 168. The first-order valence-corrected chi connectivity index (χ1v) is 8.63. The lowest BCUT2D eigenvalue weighted by Gasteiger charge is -2.47. The average molecular weight is 486 g/mol. The van der Waals surface area contributed by atoms with Gasteiger partial charge in [-0.1, -0.05) is 6.58 Å². The van der Waals surface area contributed by atoms with E-state index in [0.29, 0.717) is 6.26 Å². The summed E-state index contributed by atoms with van der Waals surface area (Å²) in [7, 11) is 0. The summed E-state index contributed by atoms with van der Waals surface area (Å²) in [6.45, 7) is 1.02. The summed E-state index contributed by atoms with van der Waals surface area (Å²) in [5.41, 5.74) is -10.1. The van der Waals surface area contributed by atoms with E-state index in [2.05, 4.69) is 16.1 Å². The highest BCUT2D eigenvalue weighted by Crippen LogP contribution is 2.58. The molecule has 0 aromatic rings. The topological polar surface area (TPSA) is 38.7 Å². The minimum Gasteiger partial charge on any atom is -0.499 e. The zero-order chi connectivity index (χ0) is 24.5. The van der Waals surface area contributed by atoms with Crippen LogP contribution in [0.1, 0.15) is 25.7 Å². The highest BCUT2D eigenvalue weighted by Gasteiger charge is 2.77. The zero-order valence-corrected chi connectivity index (χ0v) is 15.5. The smallest absolute Gasteiger partial charge is 0.426 e. The Morgan fingerprint density at radius 3 is 1.39 bits per heavy atom. The molecule has 0 saturated heterocycles. The number of halogens is 12. The average Bonchev–Trinajstić information content (AvgIpc) is 2.57. The largest absolute Gasteiger partial charge is 0.499 e. The molecular formula is C16H18F12O3. The first-order valence-electron chi connectivity index (χ1n) is 8.63. The lowest BCUT2D eigenvalue weighted by molar-refractivity contribution is -0.407. The van der Waals surface area contributed by atoms with E-state index in [1.807, 2.05) is 0 Å². The van der Waals surface area contributed by atoms with Crippen LogP contribution >= 0.6 is 0 Å². The van der Waals surface area contributed by atoms with Crippen LogP contribution in [0.15, 0.2) is 12.8 Å². The zero-order valence-electron chi connectivity index (χ0n) is 15.5. The van der Waals surface area contributed by atoms with Gasteiger partial charge in [0.15, 0.2) is 0 Å². The monoisotopic (exact) mass is 486 g/mol. The fraction of sp³-hybridized carbons (Fsp3) is 0.875. The molecule has 1 rings (SSSR count). The second-order valence-electron chi connectivity index (χ2n) is 6.93. The molecule has 1 N–H and O–H groups in total. The predicted octanol–water partition coefficient (Wildman–Crippen LogP) is 5.69. The van der Waals surface area contributed by atoms with Crippen molar-refractivity contribution in [1.82, 2.24) is 0 Å². The molecule has 0 bridgehead atoms. The van der Waals surface area contributed by atoms with E-state index >= 15 is 0 Å². The third-order valence-corrected chi connectivity index (χ3v) is 5.25. The Morgan fingerprint density at radius 1 is 0.677 bits per heavy atom. The fourth-order valence-corrected chi connectivity index (χ4v) is 3.78. The molecule has 0 radical (unpaired) electrons. The Hall–Kier alpha value is -1.38. The number of hydrogen-bond donors (Lipinski definition) is 1. The van der Waals surface area contributed by atoms with Crippen molar-refractivity contribution < 1.29 is 67.3 Å². The second-order valence-corrected chi connectivity index (χ2v) is 6.93. The van der Waals surface area contributed by atoms with E-state index in [1.165, 1.54) is 0 Å². The maximum atomic E-state index is 13.6. The minimum atomic E-state index is -6.24.